The van der Waals surface area contributed by atoms with Crippen LogP contribution in [0.2, 0.25) is 0 Å². The van der Waals surface area contributed by atoms with Crippen molar-refractivity contribution in [2.24, 2.45) is 0 Å². The summed E-state index contributed by atoms with van der Waals surface area (Å²) in [5.74, 6) is 0.965. The molecule has 0 saturated carbocycles. The third-order valence-electron chi connectivity index (χ3n) is 4.34. The van der Waals surface area contributed by atoms with Crippen molar-refractivity contribution < 1.29 is 4.74 Å². The molecule has 23 heavy (non-hydrogen) atoms. The summed E-state index contributed by atoms with van der Waals surface area (Å²) in [5.41, 5.74) is 4.53. The molecule has 0 amide bonds. The van der Waals surface area contributed by atoms with Crippen molar-refractivity contribution >= 4 is 22.8 Å². The number of benzene rings is 1. The lowest BCUT2D eigenvalue weighted by Crippen LogP contribution is -2.02. The van der Waals surface area contributed by atoms with E-state index >= 15 is 0 Å². The van der Waals surface area contributed by atoms with Gasteiger partial charge in [-0.2, -0.15) is 0 Å². The van der Waals surface area contributed by atoms with Gasteiger partial charge in [0.05, 0.1) is 29.1 Å². The fourth-order valence-electron chi connectivity index (χ4n) is 3.21. The van der Waals surface area contributed by atoms with Crippen LogP contribution in [0, 0.1) is 0 Å². The van der Waals surface area contributed by atoms with Gasteiger partial charge in [0, 0.05) is 11.8 Å². The first-order valence-corrected chi connectivity index (χ1v) is 8.86. The Morgan fingerprint density at radius 2 is 2.13 bits per heavy atom. The van der Waals surface area contributed by atoms with Crippen LogP contribution in [0.15, 0.2) is 41.7 Å². The van der Waals surface area contributed by atoms with Gasteiger partial charge < -0.3 is 9.72 Å². The van der Waals surface area contributed by atoms with Crippen LogP contribution < -0.4 is 4.74 Å². The predicted octanol–water partition coefficient (Wildman–Crippen LogP) is 4.53. The summed E-state index contributed by atoms with van der Waals surface area (Å²) in [6, 6.07) is 10.1. The molecular formula is C18H19N3OS. The molecule has 1 aliphatic carbocycles. The third-order valence-corrected chi connectivity index (χ3v) is 5.50. The monoisotopic (exact) mass is 325 g/mol. The Bertz CT molecular complexity index is 797. The molecule has 0 saturated heterocycles. The van der Waals surface area contributed by atoms with Crippen molar-refractivity contribution in [1.82, 2.24) is 15.0 Å². The van der Waals surface area contributed by atoms with E-state index in [0.29, 0.717) is 5.25 Å². The highest BCUT2D eigenvalue weighted by molar-refractivity contribution is 7.99. The molecule has 4 nitrogen and oxygen atoms in total. The van der Waals surface area contributed by atoms with E-state index in [4.69, 9.17) is 9.72 Å². The lowest BCUT2D eigenvalue weighted by atomic mass is 10.1. The third kappa shape index (κ3) is 2.81. The second-order valence-corrected chi connectivity index (χ2v) is 6.98. The molecule has 0 bridgehead atoms. The number of rotatable bonds is 3. The minimum Gasteiger partial charge on any atom is -0.496 e. The highest BCUT2D eigenvalue weighted by Gasteiger charge is 2.24. The topological polar surface area (TPSA) is 50.8 Å². The largest absolute Gasteiger partial charge is 0.496 e. The van der Waals surface area contributed by atoms with Crippen molar-refractivity contribution in [1.29, 1.82) is 0 Å². The smallest absolute Gasteiger partial charge is 0.167 e. The van der Waals surface area contributed by atoms with Crippen LogP contribution in [-0.2, 0) is 6.42 Å². The van der Waals surface area contributed by atoms with Gasteiger partial charge in [-0.1, -0.05) is 30.3 Å². The number of ether oxygens (including phenoxy) is 1. The molecular weight excluding hydrogens is 306 g/mol. The molecule has 2 aromatic heterocycles. The van der Waals surface area contributed by atoms with E-state index in [0.717, 1.165) is 40.5 Å². The fraction of sp³-hybridized carbons (Fsp3) is 0.333. The van der Waals surface area contributed by atoms with Crippen LogP contribution in [0.1, 0.15) is 35.8 Å². The summed E-state index contributed by atoms with van der Waals surface area (Å²) in [6.07, 6.45) is 6.41. The van der Waals surface area contributed by atoms with E-state index in [2.05, 4.69) is 16.0 Å². The van der Waals surface area contributed by atoms with Crippen molar-refractivity contribution in [2.45, 2.75) is 36.1 Å². The fourth-order valence-corrected chi connectivity index (χ4v) is 4.40. The van der Waals surface area contributed by atoms with Gasteiger partial charge in [0.15, 0.2) is 5.16 Å². The zero-order valence-electron chi connectivity index (χ0n) is 13.1. The molecule has 2 heterocycles. The molecule has 3 aromatic rings. The van der Waals surface area contributed by atoms with Crippen LogP contribution in [0.5, 0.6) is 5.75 Å². The zero-order valence-corrected chi connectivity index (χ0v) is 13.9. The standard InChI is InChI=1S/C18H19N3OS/c1-22-15-10-11-19-17-12(15)6-2-5-9-16(17)23-18-20-13-7-3-4-8-14(13)21-18/h3-4,7-8,10-11,16H,2,5-6,9H2,1H3,(H,20,21)/t16-/m1/s1. The Kier molecular flexibility index (Phi) is 3.95. The van der Waals surface area contributed by atoms with Crippen molar-refractivity contribution in [3.63, 3.8) is 0 Å². The summed E-state index contributed by atoms with van der Waals surface area (Å²) in [7, 11) is 1.74. The normalized spacial score (nSPS) is 17.7. The van der Waals surface area contributed by atoms with E-state index in [-0.39, 0.29) is 0 Å². The van der Waals surface area contributed by atoms with Crippen molar-refractivity contribution in [3.05, 3.63) is 47.8 Å². The van der Waals surface area contributed by atoms with Gasteiger partial charge in [0.1, 0.15) is 5.75 Å². The average molecular weight is 325 g/mol. The lowest BCUT2D eigenvalue weighted by Gasteiger charge is -2.16. The quantitative estimate of drug-likeness (QED) is 0.719. The van der Waals surface area contributed by atoms with Crippen LogP contribution >= 0.6 is 11.8 Å². The number of aromatic nitrogens is 3. The van der Waals surface area contributed by atoms with Gasteiger partial charge >= 0.3 is 0 Å². The van der Waals surface area contributed by atoms with Gasteiger partial charge in [0.2, 0.25) is 0 Å². The lowest BCUT2D eigenvalue weighted by molar-refractivity contribution is 0.408. The number of hydrogen-bond acceptors (Lipinski definition) is 4. The van der Waals surface area contributed by atoms with E-state index in [1.54, 1.807) is 18.9 Å². The maximum absolute atomic E-state index is 5.54. The Hall–Kier alpha value is -2.01. The number of pyridine rings is 1. The number of fused-ring (bicyclic) bond motifs is 2. The highest BCUT2D eigenvalue weighted by atomic mass is 32.2. The van der Waals surface area contributed by atoms with E-state index in [1.807, 2.05) is 30.5 Å². The molecule has 0 spiro atoms. The summed E-state index contributed by atoms with van der Waals surface area (Å²) in [4.78, 5) is 12.8. The van der Waals surface area contributed by atoms with E-state index in [9.17, 15) is 0 Å². The molecule has 118 valence electrons. The van der Waals surface area contributed by atoms with Crippen molar-refractivity contribution in [3.8, 4) is 5.75 Å². The van der Waals surface area contributed by atoms with E-state index < -0.39 is 0 Å². The Labute approximate surface area is 139 Å². The molecule has 0 radical (unpaired) electrons. The zero-order chi connectivity index (χ0) is 15.6. The number of nitrogens with zero attached hydrogens (tertiary/aromatic N) is 2. The number of hydrogen-bond donors (Lipinski definition) is 1. The molecule has 0 aliphatic heterocycles. The van der Waals surface area contributed by atoms with Gasteiger partial charge in [-0.05, 0) is 37.5 Å². The maximum atomic E-state index is 5.54. The number of para-hydroxylation sites is 2. The van der Waals surface area contributed by atoms with Gasteiger partial charge in [-0.15, -0.1) is 0 Å². The summed E-state index contributed by atoms with van der Waals surface area (Å²) < 4.78 is 5.54. The van der Waals surface area contributed by atoms with Gasteiger partial charge in [-0.25, -0.2) is 4.98 Å². The van der Waals surface area contributed by atoms with Crippen LogP contribution in [0.25, 0.3) is 11.0 Å². The molecule has 1 aromatic carbocycles. The van der Waals surface area contributed by atoms with Crippen LogP contribution in [0.4, 0.5) is 0 Å². The van der Waals surface area contributed by atoms with Crippen LogP contribution in [-0.4, -0.2) is 22.1 Å². The number of H-pyrrole nitrogens is 1. The molecule has 0 fully saturated rings. The SMILES string of the molecule is COc1ccnc2c1CCCC[C@H]2Sc1nc2ccccc2[nH]1. The molecule has 1 atom stereocenters. The van der Waals surface area contributed by atoms with Gasteiger partial charge in [0.25, 0.3) is 0 Å². The van der Waals surface area contributed by atoms with Crippen LogP contribution in [0.3, 0.4) is 0 Å². The number of thioether (sulfide) groups is 1. The highest BCUT2D eigenvalue weighted by Crippen LogP contribution is 2.43. The van der Waals surface area contributed by atoms with E-state index in [1.165, 1.54) is 18.4 Å². The molecule has 5 heteroatoms. The minimum atomic E-state index is 0.322. The second-order valence-electron chi connectivity index (χ2n) is 5.79. The first kappa shape index (κ1) is 14.6. The first-order valence-electron chi connectivity index (χ1n) is 7.98. The molecule has 0 unspecified atom stereocenters. The number of methoxy groups -OCH3 is 1. The summed E-state index contributed by atoms with van der Waals surface area (Å²) in [5, 5.41) is 1.29. The Morgan fingerprint density at radius 1 is 1.22 bits per heavy atom. The Balaban J connectivity index is 1.69. The Morgan fingerprint density at radius 3 is 3.00 bits per heavy atom. The van der Waals surface area contributed by atoms with Crippen molar-refractivity contribution in [2.75, 3.05) is 7.11 Å². The number of imidazole rings is 1. The molecule has 1 N–H and O–H groups in total. The first-order chi connectivity index (χ1) is 11.3. The minimum absolute atomic E-state index is 0.322. The summed E-state index contributed by atoms with van der Waals surface area (Å²) >= 11 is 1.78. The predicted molar refractivity (Wildman–Crippen MR) is 93.0 cm³/mol. The number of nitrogens with one attached hydrogen (secondary N) is 1. The summed E-state index contributed by atoms with van der Waals surface area (Å²) in [6.45, 7) is 0. The second kappa shape index (κ2) is 6.24. The average Bonchev–Trinajstić information content (AvgIpc) is 2.88. The molecule has 1 aliphatic rings. The number of aromatic amines is 1. The maximum Gasteiger partial charge on any atom is 0.167 e. The van der Waals surface area contributed by atoms with Gasteiger partial charge in [-0.3, -0.25) is 4.98 Å². The molecule has 4 rings (SSSR count).